The molecule has 0 saturated heterocycles. The molecule has 0 radical (unpaired) electrons. The van der Waals surface area contributed by atoms with E-state index in [-0.39, 0.29) is 5.91 Å². The molecule has 2 heteroatoms. The van der Waals surface area contributed by atoms with E-state index >= 15 is 0 Å². The van der Waals surface area contributed by atoms with Gasteiger partial charge in [-0.25, -0.2) is 0 Å². The molecule has 9 aromatic carbocycles. The van der Waals surface area contributed by atoms with Crippen molar-refractivity contribution in [1.82, 2.24) is 0 Å². The number of anilines is 1. The number of nitrogens with zero attached hydrogens (tertiary/aromatic N) is 1. The summed E-state index contributed by atoms with van der Waals surface area (Å²) in [6.45, 7) is 2.08. The summed E-state index contributed by atoms with van der Waals surface area (Å²) in [5, 5.41) is 0. The number of hydrogen-bond donors (Lipinski definition) is 0. The summed E-state index contributed by atoms with van der Waals surface area (Å²) >= 11 is 0. The third-order valence-electron chi connectivity index (χ3n) is 14.8. The van der Waals surface area contributed by atoms with Crippen molar-refractivity contribution >= 4 is 11.6 Å². The number of rotatable bonds is 5. The van der Waals surface area contributed by atoms with Crippen LogP contribution < -0.4 is 4.90 Å². The zero-order valence-corrected chi connectivity index (χ0v) is 35.3. The van der Waals surface area contributed by atoms with Gasteiger partial charge in [-0.15, -0.1) is 0 Å². The maximum Gasteiger partial charge on any atom is 0.226 e. The molecule has 9 aromatic rings. The van der Waals surface area contributed by atoms with Crippen LogP contribution in [0.1, 0.15) is 64.3 Å². The third kappa shape index (κ3) is 4.55. The number of benzene rings is 9. The Morgan fingerprint density at radius 3 is 1.05 bits per heavy atom. The zero-order valence-electron chi connectivity index (χ0n) is 35.3. The van der Waals surface area contributed by atoms with Crippen LogP contribution >= 0.6 is 0 Å². The van der Waals surface area contributed by atoms with Gasteiger partial charge in [0.15, 0.2) is 0 Å². The standard InChI is InChI=1S/C61H43NO/c1-3-18-57(63)62(2)40-36-38(41-25-16-33-55-58(41)47-23-8-14-31-53(47)60(55)49-27-10-4-19-43(49)44-20-5-11-28-50(44)60)35-39(37-40)42-26-17-34-56-59(42)48-24-9-15-32-54(48)61(56)51-29-12-6-21-45(51)46-22-7-13-30-52(46)61/h4-17,19-37H,3,18H2,1-2H3. The van der Waals surface area contributed by atoms with Gasteiger partial charge in [-0.2, -0.15) is 0 Å². The van der Waals surface area contributed by atoms with Crippen LogP contribution in [0, 0.1) is 0 Å². The molecule has 0 bridgehead atoms. The lowest BCUT2D eigenvalue weighted by molar-refractivity contribution is -0.118. The van der Waals surface area contributed by atoms with Gasteiger partial charge in [-0.1, -0.05) is 189 Å². The number of hydrogen-bond acceptors (Lipinski definition) is 1. The van der Waals surface area contributed by atoms with E-state index in [1.54, 1.807) is 0 Å². The molecule has 298 valence electrons. The molecule has 4 aliphatic rings. The van der Waals surface area contributed by atoms with Crippen molar-refractivity contribution in [3.63, 3.8) is 0 Å². The second-order valence-corrected chi connectivity index (χ2v) is 17.7. The molecule has 0 saturated carbocycles. The van der Waals surface area contributed by atoms with Gasteiger partial charge in [0.2, 0.25) is 5.91 Å². The Labute approximate surface area is 368 Å². The Morgan fingerprint density at radius 1 is 0.381 bits per heavy atom. The van der Waals surface area contributed by atoms with Crippen LogP contribution in [0.4, 0.5) is 5.69 Å². The fourth-order valence-corrected chi connectivity index (χ4v) is 12.4. The van der Waals surface area contributed by atoms with Crippen molar-refractivity contribution in [3.05, 3.63) is 245 Å². The first kappa shape index (κ1) is 36.1. The number of carbonyl (C=O) groups is 1. The number of amides is 1. The molecule has 2 nitrogen and oxygen atoms in total. The molecule has 13 rings (SSSR count). The predicted octanol–water partition coefficient (Wildman–Crippen LogP) is 14.5. The molecule has 0 aliphatic heterocycles. The van der Waals surface area contributed by atoms with Gasteiger partial charge in [-0.05, 0) is 136 Å². The van der Waals surface area contributed by atoms with Gasteiger partial charge in [0.1, 0.15) is 0 Å². The fourth-order valence-electron chi connectivity index (χ4n) is 12.4. The van der Waals surface area contributed by atoms with Crippen LogP contribution in [0.15, 0.2) is 200 Å². The summed E-state index contributed by atoms with van der Waals surface area (Å²) in [7, 11) is 1.94. The molecular weight excluding hydrogens is 763 g/mol. The minimum absolute atomic E-state index is 0.115. The molecule has 0 fully saturated rings. The van der Waals surface area contributed by atoms with Gasteiger partial charge < -0.3 is 4.90 Å². The quantitative estimate of drug-likeness (QED) is 0.170. The van der Waals surface area contributed by atoms with E-state index in [4.69, 9.17) is 0 Å². The van der Waals surface area contributed by atoms with Gasteiger partial charge in [0.05, 0.1) is 10.8 Å². The lowest BCUT2D eigenvalue weighted by Crippen LogP contribution is -2.26. The summed E-state index contributed by atoms with van der Waals surface area (Å²) in [4.78, 5) is 15.7. The van der Waals surface area contributed by atoms with Crippen LogP contribution in [0.5, 0.6) is 0 Å². The van der Waals surface area contributed by atoms with Gasteiger partial charge in [0.25, 0.3) is 0 Å². The second-order valence-electron chi connectivity index (χ2n) is 17.7. The van der Waals surface area contributed by atoms with Crippen LogP contribution in [0.25, 0.3) is 66.8 Å². The first-order valence-electron chi connectivity index (χ1n) is 22.3. The maximum absolute atomic E-state index is 13.9. The van der Waals surface area contributed by atoms with Crippen molar-refractivity contribution in [2.24, 2.45) is 0 Å². The first-order valence-corrected chi connectivity index (χ1v) is 22.3. The molecule has 2 spiro atoms. The predicted molar refractivity (Wildman–Crippen MR) is 258 cm³/mol. The molecule has 0 atom stereocenters. The van der Waals surface area contributed by atoms with Crippen LogP contribution in [-0.4, -0.2) is 13.0 Å². The van der Waals surface area contributed by atoms with E-state index in [1.807, 2.05) is 11.9 Å². The van der Waals surface area contributed by atoms with Gasteiger partial charge in [-0.3, -0.25) is 4.79 Å². The van der Waals surface area contributed by atoms with E-state index in [9.17, 15) is 4.79 Å². The monoisotopic (exact) mass is 805 g/mol. The average molecular weight is 806 g/mol. The Balaban J connectivity index is 1.09. The molecule has 1 amide bonds. The third-order valence-corrected chi connectivity index (χ3v) is 14.8. The van der Waals surface area contributed by atoms with Crippen LogP contribution in [-0.2, 0) is 15.6 Å². The van der Waals surface area contributed by atoms with E-state index in [0.717, 1.165) is 23.2 Å². The molecule has 0 N–H and O–H groups in total. The van der Waals surface area contributed by atoms with Crippen molar-refractivity contribution in [2.75, 3.05) is 11.9 Å². The molecule has 0 aromatic heterocycles. The second kappa shape index (κ2) is 13.2. The highest BCUT2D eigenvalue weighted by atomic mass is 16.2. The fraction of sp³-hybridized carbons (Fsp3) is 0.0984. The lowest BCUT2D eigenvalue weighted by atomic mass is 9.70. The maximum atomic E-state index is 13.9. The Bertz CT molecular complexity index is 3120. The molecule has 4 aliphatic carbocycles. The van der Waals surface area contributed by atoms with Crippen molar-refractivity contribution in [3.8, 4) is 66.8 Å². The van der Waals surface area contributed by atoms with Gasteiger partial charge >= 0.3 is 0 Å². The van der Waals surface area contributed by atoms with E-state index in [2.05, 4.69) is 207 Å². The Hall–Kier alpha value is -7.55. The highest BCUT2D eigenvalue weighted by molar-refractivity contribution is 6.04. The zero-order chi connectivity index (χ0) is 42.0. The number of fused-ring (bicyclic) bond motifs is 20. The number of carbonyl (C=O) groups excluding carboxylic acids is 1. The van der Waals surface area contributed by atoms with Crippen molar-refractivity contribution in [1.29, 1.82) is 0 Å². The summed E-state index contributed by atoms with van der Waals surface area (Å²) in [6, 6.07) is 74.7. The molecule has 63 heavy (non-hydrogen) atoms. The first-order chi connectivity index (χ1) is 31.1. The normalized spacial score (nSPS) is 14.3. The van der Waals surface area contributed by atoms with Crippen LogP contribution in [0.3, 0.4) is 0 Å². The minimum atomic E-state index is -0.449. The lowest BCUT2D eigenvalue weighted by Gasteiger charge is -2.30. The average Bonchev–Trinajstić information content (AvgIpc) is 4.03. The summed E-state index contributed by atoms with van der Waals surface area (Å²) in [5.74, 6) is 0.115. The van der Waals surface area contributed by atoms with Crippen LogP contribution in [0.2, 0.25) is 0 Å². The highest BCUT2D eigenvalue weighted by Crippen LogP contribution is 2.66. The van der Waals surface area contributed by atoms with Crippen molar-refractivity contribution < 1.29 is 4.79 Å². The molecule has 0 heterocycles. The Kier molecular flexibility index (Phi) is 7.59. The topological polar surface area (TPSA) is 20.3 Å². The van der Waals surface area contributed by atoms with E-state index < -0.39 is 10.8 Å². The molecule has 0 unspecified atom stereocenters. The van der Waals surface area contributed by atoms with Crippen molar-refractivity contribution in [2.45, 2.75) is 30.6 Å². The van der Waals surface area contributed by atoms with E-state index in [0.29, 0.717) is 6.42 Å². The smallest absolute Gasteiger partial charge is 0.226 e. The Morgan fingerprint density at radius 2 is 0.683 bits per heavy atom. The highest BCUT2D eigenvalue weighted by Gasteiger charge is 2.53. The SMILES string of the molecule is CCCC(=O)N(C)c1cc(-c2cccc3c2-c2ccccc2C32c3ccccc3-c3ccccc32)cc(-c2cccc3c2-c2ccccc2C32c3ccccc3-c3ccccc32)c1. The summed E-state index contributed by atoms with van der Waals surface area (Å²) in [6.07, 6.45) is 1.28. The minimum Gasteiger partial charge on any atom is -0.315 e. The summed E-state index contributed by atoms with van der Waals surface area (Å²) < 4.78 is 0. The van der Waals surface area contributed by atoms with Gasteiger partial charge in [0, 0.05) is 19.2 Å². The van der Waals surface area contributed by atoms with E-state index in [1.165, 1.54) is 100 Å². The summed E-state index contributed by atoms with van der Waals surface area (Å²) in [5.41, 5.74) is 25.3. The molecular formula is C61H43NO. The largest absolute Gasteiger partial charge is 0.315 e.